The summed E-state index contributed by atoms with van der Waals surface area (Å²) in [7, 11) is -3.72. The zero-order chi connectivity index (χ0) is 18.5. The van der Waals surface area contributed by atoms with Gasteiger partial charge in [0.1, 0.15) is 0 Å². The van der Waals surface area contributed by atoms with Gasteiger partial charge in [0.05, 0.1) is 17.5 Å². The highest BCUT2D eigenvalue weighted by atomic mass is 32.2. The number of carbonyl (C=O) groups is 1. The first-order valence-corrected chi connectivity index (χ1v) is 9.17. The van der Waals surface area contributed by atoms with Crippen molar-refractivity contribution in [3.8, 4) is 0 Å². The number of hydrogen-bond acceptors (Lipinski definition) is 3. The largest absolute Gasteiger partial charge is 0.416 e. The molecule has 0 aliphatic heterocycles. The van der Waals surface area contributed by atoms with Crippen LogP contribution in [0.2, 0.25) is 0 Å². The van der Waals surface area contributed by atoms with Crippen LogP contribution in [0, 0.1) is 5.92 Å². The Morgan fingerprint density at radius 2 is 1.75 bits per heavy atom. The molecule has 1 aromatic rings. The number of halogens is 3. The summed E-state index contributed by atoms with van der Waals surface area (Å²) in [6, 6.07) is 3.78. The predicted molar refractivity (Wildman–Crippen MR) is 86.1 cm³/mol. The lowest BCUT2D eigenvalue weighted by molar-refractivity contribution is -0.137. The van der Waals surface area contributed by atoms with Crippen molar-refractivity contribution >= 4 is 21.6 Å². The lowest BCUT2D eigenvalue weighted by atomic mass is 10.2. The van der Waals surface area contributed by atoms with Crippen molar-refractivity contribution in [1.29, 1.82) is 0 Å². The number of anilines is 1. The van der Waals surface area contributed by atoms with Gasteiger partial charge in [0.15, 0.2) is 0 Å². The maximum absolute atomic E-state index is 12.6. The zero-order valence-electron chi connectivity index (χ0n) is 13.7. The number of amides is 1. The number of alkyl halides is 3. The first kappa shape index (κ1) is 20.3. The number of hydrogen-bond donors (Lipinski definition) is 1. The van der Waals surface area contributed by atoms with Gasteiger partial charge in [0.25, 0.3) is 0 Å². The Hall–Kier alpha value is -1.77. The Morgan fingerprint density at radius 1 is 1.21 bits per heavy atom. The quantitative estimate of drug-likeness (QED) is 0.807. The Kier molecular flexibility index (Phi) is 6.65. The summed E-state index contributed by atoms with van der Waals surface area (Å²) >= 11 is 0. The number of carbonyl (C=O) groups excluding carboxylic acids is 1. The summed E-state index contributed by atoms with van der Waals surface area (Å²) in [6.45, 7) is 4.17. The number of sulfonamides is 1. The second kappa shape index (κ2) is 7.87. The minimum absolute atomic E-state index is 0.0825. The van der Waals surface area contributed by atoms with E-state index in [4.69, 9.17) is 0 Å². The molecule has 0 saturated carbocycles. The predicted octanol–water partition coefficient (Wildman–Crippen LogP) is 2.63. The highest BCUT2D eigenvalue weighted by Gasteiger charge is 2.30. The average molecular weight is 366 g/mol. The molecule has 0 aliphatic carbocycles. The minimum Gasteiger partial charge on any atom is -0.356 e. The topological polar surface area (TPSA) is 66.5 Å². The summed E-state index contributed by atoms with van der Waals surface area (Å²) in [4.78, 5) is 11.7. The fourth-order valence-electron chi connectivity index (χ4n) is 1.91. The molecule has 9 heteroatoms. The molecular formula is C15H21F3N2O3S. The molecule has 24 heavy (non-hydrogen) atoms. The standard InChI is InChI=1S/C15H21F3N2O3S/c1-11(2)10-19-14(21)8-9-20(24(3,22)23)13-6-4-12(5-7-13)15(16,17)18/h4-7,11H,8-10H2,1-3H3,(H,19,21). The third-order valence-corrected chi connectivity index (χ3v) is 4.33. The minimum atomic E-state index is -4.49. The van der Waals surface area contributed by atoms with Crippen LogP contribution in [0.5, 0.6) is 0 Å². The molecule has 5 nitrogen and oxygen atoms in total. The van der Waals surface area contributed by atoms with Crippen molar-refractivity contribution in [3.05, 3.63) is 29.8 Å². The van der Waals surface area contributed by atoms with E-state index in [0.717, 1.165) is 34.8 Å². The van der Waals surface area contributed by atoms with Crippen LogP contribution in [0.25, 0.3) is 0 Å². The molecule has 0 aromatic heterocycles. The highest BCUT2D eigenvalue weighted by molar-refractivity contribution is 7.92. The van der Waals surface area contributed by atoms with Crippen LogP contribution in [-0.4, -0.2) is 33.7 Å². The molecule has 0 bridgehead atoms. The normalized spacial score (nSPS) is 12.3. The molecule has 0 atom stereocenters. The van der Waals surface area contributed by atoms with Crippen LogP contribution < -0.4 is 9.62 Å². The van der Waals surface area contributed by atoms with Crippen LogP contribution in [0.4, 0.5) is 18.9 Å². The van der Waals surface area contributed by atoms with Crippen molar-refractivity contribution in [3.63, 3.8) is 0 Å². The molecule has 0 unspecified atom stereocenters. The number of nitrogens with one attached hydrogen (secondary N) is 1. The van der Waals surface area contributed by atoms with E-state index in [1.807, 2.05) is 13.8 Å². The van der Waals surface area contributed by atoms with Crippen molar-refractivity contribution in [2.24, 2.45) is 5.92 Å². The van der Waals surface area contributed by atoms with E-state index in [1.54, 1.807) is 0 Å². The van der Waals surface area contributed by atoms with E-state index in [1.165, 1.54) is 0 Å². The average Bonchev–Trinajstić information content (AvgIpc) is 2.43. The van der Waals surface area contributed by atoms with Crippen molar-refractivity contribution in [1.82, 2.24) is 5.32 Å². The lowest BCUT2D eigenvalue weighted by Gasteiger charge is -2.22. The molecule has 1 rings (SSSR count). The van der Waals surface area contributed by atoms with E-state index in [0.29, 0.717) is 6.54 Å². The van der Waals surface area contributed by atoms with E-state index < -0.39 is 21.8 Å². The van der Waals surface area contributed by atoms with Gasteiger partial charge in [0, 0.05) is 19.5 Å². The summed E-state index contributed by atoms with van der Waals surface area (Å²) in [5, 5.41) is 2.66. The van der Waals surface area contributed by atoms with E-state index in [9.17, 15) is 26.4 Å². The number of nitrogens with zero attached hydrogens (tertiary/aromatic N) is 1. The molecule has 0 fully saturated rings. The highest BCUT2D eigenvalue weighted by Crippen LogP contribution is 2.31. The Bertz CT molecular complexity index is 656. The number of rotatable bonds is 7. The third kappa shape index (κ3) is 6.38. The SMILES string of the molecule is CC(C)CNC(=O)CCN(c1ccc(C(F)(F)F)cc1)S(C)(=O)=O. The van der Waals surface area contributed by atoms with Gasteiger partial charge in [-0.15, -0.1) is 0 Å². The van der Waals surface area contributed by atoms with Crippen LogP contribution in [0.1, 0.15) is 25.8 Å². The molecule has 1 aromatic carbocycles. The number of benzene rings is 1. The van der Waals surface area contributed by atoms with Gasteiger partial charge in [0.2, 0.25) is 15.9 Å². The molecule has 0 aliphatic rings. The van der Waals surface area contributed by atoms with Gasteiger partial charge >= 0.3 is 6.18 Å². The monoisotopic (exact) mass is 366 g/mol. The van der Waals surface area contributed by atoms with Crippen molar-refractivity contribution in [2.75, 3.05) is 23.7 Å². The molecule has 0 radical (unpaired) electrons. The van der Waals surface area contributed by atoms with Gasteiger partial charge in [-0.25, -0.2) is 8.42 Å². The van der Waals surface area contributed by atoms with Gasteiger partial charge in [-0.2, -0.15) is 13.2 Å². The zero-order valence-corrected chi connectivity index (χ0v) is 14.5. The molecule has 1 amide bonds. The van der Waals surface area contributed by atoms with Crippen molar-refractivity contribution in [2.45, 2.75) is 26.4 Å². The van der Waals surface area contributed by atoms with Crippen LogP contribution in [0.15, 0.2) is 24.3 Å². The molecule has 1 N–H and O–H groups in total. The Morgan fingerprint density at radius 3 is 2.17 bits per heavy atom. The fraction of sp³-hybridized carbons (Fsp3) is 0.533. The molecule has 0 saturated heterocycles. The molecule has 0 spiro atoms. The molecule has 136 valence electrons. The van der Waals surface area contributed by atoms with E-state index in [2.05, 4.69) is 5.32 Å². The maximum Gasteiger partial charge on any atom is 0.416 e. The smallest absolute Gasteiger partial charge is 0.356 e. The second-order valence-electron chi connectivity index (χ2n) is 5.83. The second-order valence-corrected chi connectivity index (χ2v) is 7.73. The van der Waals surface area contributed by atoms with Gasteiger partial charge < -0.3 is 5.32 Å². The van der Waals surface area contributed by atoms with Crippen LogP contribution in [0.3, 0.4) is 0 Å². The maximum atomic E-state index is 12.6. The van der Waals surface area contributed by atoms with Crippen LogP contribution >= 0.6 is 0 Å². The summed E-state index contributed by atoms with van der Waals surface area (Å²) in [5.41, 5.74) is -0.781. The Balaban J connectivity index is 2.86. The molecule has 0 heterocycles. The van der Waals surface area contributed by atoms with E-state index >= 15 is 0 Å². The summed E-state index contributed by atoms with van der Waals surface area (Å²) < 4.78 is 62.4. The summed E-state index contributed by atoms with van der Waals surface area (Å²) in [5.74, 6) is -0.0564. The molecular weight excluding hydrogens is 345 g/mol. The van der Waals surface area contributed by atoms with E-state index in [-0.39, 0.29) is 30.5 Å². The van der Waals surface area contributed by atoms with Gasteiger partial charge in [-0.3, -0.25) is 9.10 Å². The Labute approximate surface area is 139 Å². The van der Waals surface area contributed by atoms with Crippen LogP contribution in [-0.2, 0) is 21.0 Å². The first-order valence-electron chi connectivity index (χ1n) is 7.33. The van der Waals surface area contributed by atoms with Gasteiger partial charge in [-0.05, 0) is 30.2 Å². The first-order chi connectivity index (χ1) is 10.9. The van der Waals surface area contributed by atoms with Gasteiger partial charge in [-0.1, -0.05) is 13.8 Å². The lowest BCUT2D eigenvalue weighted by Crippen LogP contribution is -2.35. The fourth-order valence-corrected chi connectivity index (χ4v) is 2.84. The third-order valence-electron chi connectivity index (χ3n) is 3.13. The van der Waals surface area contributed by atoms with Crippen molar-refractivity contribution < 1.29 is 26.4 Å². The summed E-state index contributed by atoms with van der Waals surface area (Å²) in [6.07, 6.45) is -3.64.